The van der Waals surface area contributed by atoms with Gasteiger partial charge in [0.1, 0.15) is 5.75 Å². The predicted octanol–water partition coefficient (Wildman–Crippen LogP) is 1.36. The van der Waals surface area contributed by atoms with E-state index in [1.165, 1.54) is 0 Å². The molecule has 2 aromatic rings. The lowest BCUT2D eigenvalue weighted by Crippen LogP contribution is -2.39. The molecular formula is C18H20B2O6. The van der Waals surface area contributed by atoms with E-state index in [1.54, 1.807) is 0 Å². The van der Waals surface area contributed by atoms with E-state index in [2.05, 4.69) is 0 Å². The summed E-state index contributed by atoms with van der Waals surface area (Å²) in [5, 5.41) is 0. The first-order chi connectivity index (χ1) is 12.9. The SMILES string of the molecule is CCOc1c(B2OCCO2)ccc(B2OCCO2)c1Oc1ccccc1. The maximum Gasteiger partial charge on any atom is 0.498 e. The van der Waals surface area contributed by atoms with Crippen LogP contribution < -0.4 is 20.4 Å². The third kappa shape index (κ3) is 3.59. The normalized spacial score (nSPS) is 17.0. The van der Waals surface area contributed by atoms with Crippen LogP contribution in [-0.2, 0) is 18.6 Å². The molecule has 8 heteroatoms. The zero-order valence-corrected chi connectivity index (χ0v) is 14.7. The quantitative estimate of drug-likeness (QED) is 0.731. The van der Waals surface area contributed by atoms with Crippen molar-refractivity contribution in [3.8, 4) is 17.2 Å². The summed E-state index contributed by atoms with van der Waals surface area (Å²) in [4.78, 5) is 0. The topological polar surface area (TPSA) is 55.4 Å². The highest BCUT2D eigenvalue weighted by molar-refractivity contribution is 6.65. The molecule has 0 saturated carbocycles. The molecule has 2 saturated heterocycles. The van der Waals surface area contributed by atoms with Gasteiger partial charge in [-0.3, -0.25) is 0 Å². The molecule has 0 spiro atoms. The molecule has 4 rings (SSSR count). The average molecular weight is 354 g/mol. The highest BCUT2D eigenvalue weighted by Crippen LogP contribution is 2.30. The molecule has 0 aliphatic carbocycles. The first kappa shape index (κ1) is 17.4. The summed E-state index contributed by atoms with van der Waals surface area (Å²) in [5.74, 6) is 1.87. The van der Waals surface area contributed by atoms with Gasteiger partial charge in [-0.15, -0.1) is 0 Å². The molecule has 0 amide bonds. The summed E-state index contributed by atoms with van der Waals surface area (Å²) in [6.07, 6.45) is 0. The lowest BCUT2D eigenvalue weighted by molar-refractivity contribution is 0.320. The fourth-order valence-corrected chi connectivity index (χ4v) is 3.05. The van der Waals surface area contributed by atoms with Crippen LogP contribution in [0.2, 0.25) is 0 Å². The van der Waals surface area contributed by atoms with Gasteiger partial charge in [-0.05, 0) is 19.1 Å². The molecule has 134 valence electrons. The highest BCUT2D eigenvalue weighted by Gasteiger charge is 2.37. The minimum atomic E-state index is -0.479. The Morgan fingerprint density at radius 3 is 1.85 bits per heavy atom. The summed E-state index contributed by atoms with van der Waals surface area (Å²) in [5.41, 5.74) is 1.59. The van der Waals surface area contributed by atoms with Crippen molar-refractivity contribution < 1.29 is 28.1 Å². The maximum absolute atomic E-state index is 6.21. The molecule has 0 radical (unpaired) electrons. The Labute approximate surface area is 153 Å². The summed E-state index contributed by atoms with van der Waals surface area (Å²) < 4.78 is 34.9. The molecule has 0 aromatic heterocycles. The Balaban J connectivity index is 1.79. The molecule has 0 unspecified atom stereocenters. The van der Waals surface area contributed by atoms with Gasteiger partial charge in [0, 0.05) is 10.9 Å². The molecule has 2 aromatic carbocycles. The van der Waals surface area contributed by atoms with Crippen molar-refractivity contribution in [2.45, 2.75) is 6.92 Å². The second-order valence-corrected chi connectivity index (χ2v) is 5.90. The molecule has 6 nitrogen and oxygen atoms in total. The monoisotopic (exact) mass is 354 g/mol. The lowest BCUT2D eigenvalue weighted by atomic mass is 9.72. The minimum absolute atomic E-state index is 0.464. The molecule has 0 atom stereocenters. The number of hydrogen-bond acceptors (Lipinski definition) is 6. The molecule has 0 N–H and O–H groups in total. The Hall–Kier alpha value is -1.99. The first-order valence-corrected chi connectivity index (χ1v) is 8.85. The number of para-hydroxylation sites is 1. The first-order valence-electron chi connectivity index (χ1n) is 8.85. The van der Waals surface area contributed by atoms with Crippen LogP contribution in [0.5, 0.6) is 17.2 Å². The largest absolute Gasteiger partial charge is 0.498 e. The van der Waals surface area contributed by atoms with Crippen molar-refractivity contribution >= 4 is 25.2 Å². The van der Waals surface area contributed by atoms with E-state index >= 15 is 0 Å². The minimum Gasteiger partial charge on any atom is -0.490 e. The zero-order valence-electron chi connectivity index (χ0n) is 14.7. The van der Waals surface area contributed by atoms with Crippen molar-refractivity contribution in [1.82, 2.24) is 0 Å². The van der Waals surface area contributed by atoms with Crippen LogP contribution >= 0.6 is 0 Å². The third-order valence-corrected chi connectivity index (χ3v) is 4.18. The standard InChI is InChI=1S/C18H20B2O6/c1-2-21-17-15(19-22-10-11-23-19)8-9-16(20-24-12-13-25-20)18(17)26-14-6-4-3-5-7-14/h3-9H,2,10-13H2,1H3. The number of rotatable bonds is 6. The molecule has 2 aliphatic rings. The average Bonchev–Trinajstić information content (AvgIpc) is 3.38. The van der Waals surface area contributed by atoms with Crippen LogP contribution in [0.25, 0.3) is 0 Å². The summed E-state index contributed by atoms with van der Waals surface area (Å²) in [6, 6.07) is 13.4. The Kier molecular flexibility index (Phi) is 5.45. The van der Waals surface area contributed by atoms with E-state index in [1.807, 2.05) is 49.4 Å². The lowest BCUT2D eigenvalue weighted by Gasteiger charge is -2.20. The summed E-state index contributed by atoms with van der Waals surface area (Å²) in [7, 11) is -0.943. The van der Waals surface area contributed by atoms with Crippen molar-refractivity contribution in [3.05, 3.63) is 42.5 Å². The fraction of sp³-hybridized carbons (Fsp3) is 0.333. The Bertz CT molecular complexity index is 730. The van der Waals surface area contributed by atoms with Crippen LogP contribution in [0.1, 0.15) is 6.92 Å². The predicted molar refractivity (Wildman–Crippen MR) is 98.7 cm³/mol. The molecule has 2 aliphatic heterocycles. The van der Waals surface area contributed by atoms with Gasteiger partial charge in [-0.1, -0.05) is 30.3 Å². The fourth-order valence-electron chi connectivity index (χ4n) is 3.05. The smallest absolute Gasteiger partial charge is 0.490 e. The van der Waals surface area contributed by atoms with Crippen molar-refractivity contribution in [2.24, 2.45) is 0 Å². The van der Waals surface area contributed by atoms with E-state index in [-0.39, 0.29) is 0 Å². The summed E-state index contributed by atoms with van der Waals surface area (Å²) in [6.45, 7) is 4.64. The van der Waals surface area contributed by atoms with Crippen molar-refractivity contribution in [1.29, 1.82) is 0 Å². The van der Waals surface area contributed by atoms with Gasteiger partial charge in [-0.25, -0.2) is 0 Å². The van der Waals surface area contributed by atoms with Crippen LogP contribution in [-0.4, -0.2) is 47.3 Å². The van der Waals surface area contributed by atoms with Crippen molar-refractivity contribution in [3.63, 3.8) is 0 Å². The molecule has 26 heavy (non-hydrogen) atoms. The highest BCUT2D eigenvalue weighted by atomic mass is 16.6. The van der Waals surface area contributed by atoms with E-state index in [0.29, 0.717) is 50.3 Å². The number of ether oxygens (including phenoxy) is 2. The summed E-state index contributed by atoms with van der Waals surface area (Å²) >= 11 is 0. The van der Waals surface area contributed by atoms with Crippen LogP contribution in [0.3, 0.4) is 0 Å². The molecular weight excluding hydrogens is 334 g/mol. The van der Waals surface area contributed by atoms with Crippen LogP contribution in [0.15, 0.2) is 42.5 Å². The van der Waals surface area contributed by atoms with Gasteiger partial charge < -0.3 is 28.1 Å². The van der Waals surface area contributed by atoms with Gasteiger partial charge in [0.15, 0.2) is 11.5 Å². The Morgan fingerprint density at radius 2 is 1.31 bits per heavy atom. The van der Waals surface area contributed by atoms with E-state index in [9.17, 15) is 0 Å². The third-order valence-electron chi connectivity index (χ3n) is 4.18. The maximum atomic E-state index is 6.21. The van der Waals surface area contributed by atoms with Gasteiger partial charge in [0.25, 0.3) is 0 Å². The molecule has 2 heterocycles. The van der Waals surface area contributed by atoms with E-state index in [0.717, 1.165) is 10.9 Å². The van der Waals surface area contributed by atoms with Crippen LogP contribution in [0, 0.1) is 0 Å². The van der Waals surface area contributed by atoms with E-state index < -0.39 is 14.2 Å². The molecule has 2 fully saturated rings. The zero-order chi connectivity index (χ0) is 17.8. The van der Waals surface area contributed by atoms with E-state index in [4.69, 9.17) is 28.1 Å². The van der Waals surface area contributed by atoms with Crippen molar-refractivity contribution in [2.75, 3.05) is 33.0 Å². The van der Waals surface area contributed by atoms with Gasteiger partial charge in [0.05, 0.1) is 33.0 Å². The van der Waals surface area contributed by atoms with Gasteiger partial charge >= 0.3 is 14.2 Å². The second kappa shape index (κ2) is 8.14. The van der Waals surface area contributed by atoms with Crippen LogP contribution in [0.4, 0.5) is 0 Å². The van der Waals surface area contributed by atoms with Gasteiger partial charge in [0.2, 0.25) is 0 Å². The number of benzene rings is 2. The van der Waals surface area contributed by atoms with Gasteiger partial charge in [-0.2, -0.15) is 0 Å². The Morgan fingerprint density at radius 1 is 0.769 bits per heavy atom. The number of hydrogen-bond donors (Lipinski definition) is 0. The molecule has 0 bridgehead atoms. The second-order valence-electron chi connectivity index (χ2n) is 5.90.